The molecule has 0 bridgehead atoms. The predicted octanol–water partition coefficient (Wildman–Crippen LogP) is 0.914. The smallest absolute Gasteiger partial charge is 0.0817 e. The van der Waals surface area contributed by atoms with Crippen LogP contribution in [0, 0.1) is 0 Å². The van der Waals surface area contributed by atoms with E-state index in [0.717, 1.165) is 12.8 Å². The number of aliphatic hydroxyl groups is 1. The van der Waals surface area contributed by atoms with Crippen LogP contribution in [0.1, 0.15) is 32.6 Å². The Morgan fingerprint density at radius 2 is 2.12 bits per heavy atom. The first-order valence-electron chi connectivity index (χ1n) is 6.25. The molecule has 1 rings (SSSR count). The average Bonchev–Trinajstić information content (AvgIpc) is 2.25. The molecule has 100 valence electrons. The predicted molar refractivity (Wildman–Crippen MR) is 73.1 cm³/mol. The Hall–Kier alpha value is -0.230. The molecule has 1 aliphatic heterocycles. The molecule has 1 aliphatic rings. The normalized spacial score (nSPS) is 21.4. The van der Waals surface area contributed by atoms with Crippen LogP contribution < -0.4 is 5.73 Å². The van der Waals surface area contributed by atoms with Gasteiger partial charge < -0.3 is 20.5 Å². The quantitative estimate of drug-likeness (QED) is 0.695. The monoisotopic (exact) mass is 260 g/mol. The number of hydrogen-bond donors (Lipinski definition) is 2. The minimum atomic E-state index is -0.614. The van der Waals surface area contributed by atoms with Crippen molar-refractivity contribution in [3.8, 4) is 0 Å². The lowest BCUT2D eigenvalue weighted by atomic mass is 9.93. The summed E-state index contributed by atoms with van der Waals surface area (Å²) in [6.07, 6.45) is 3.12. The summed E-state index contributed by atoms with van der Waals surface area (Å²) in [7, 11) is 2.03. The Morgan fingerprint density at radius 3 is 2.59 bits per heavy atom. The second kappa shape index (κ2) is 6.64. The van der Waals surface area contributed by atoms with Gasteiger partial charge in [0.15, 0.2) is 0 Å². The van der Waals surface area contributed by atoms with Crippen molar-refractivity contribution >= 4 is 17.2 Å². The summed E-state index contributed by atoms with van der Waals surface area (Å²) >= 11 is 4.96. The summed E-state index contributed by atoms with van der Waals surface area (Å²) < 4.78 is 5.28. The molecule has 0 aromatic carbocycles. The van der Waals surface area contributed by atoms with Gasteiger partial charge in [0.25, 0.3) is 0 Å². The summed E-state index contributed by atoms with van der Waals surface area (Å²) in [6, 6.07) is 0.319. The molecule has 1 atom stereocenters. The van der Waals surface area contributed by atoms with E-state index in [-0.39, 0.29) is 0 Å². The molecule has 1 heterocycles. The topological polar surface area (TPSA) is 58.7 Å². The molecule has 3 N–H and O–H groups in total. The molecule has 0 radical (unpaired) electrons. The summed E-state index contributed by atoms with van der Waals surface area (Å²) in [5.41, 5.74) is 4.98. The lowest BCUT2D eigenvalue weighted by Gasteiger charge is -2.38. The van der Waals surface area contributed by atoms with Crippen molar-refractivity contribution in [2.24, 2.45) is 5.73 Å². The van der Waals surface area contributed by atoms with E-state index in [1.165, 1.54) is 0 Å². The van der Waals surface area contributed by atoms with Gasteiger partial charge in [0.2, 0.25) is 0 Å². The molecule has 0 aliphatic carbocycles. The minimum Gasteiger partial charge on any atom is -0.393 e. The number of ether oxygens (including phenoxy) is 1. The molecule has 0 aromatic heterocycles. The van der Waals surface area contributed by atoms with Crippen molar-refractivity contribution in [2.45, 2.75) is 44.2 Å². The first kappa shape index (κ1) is 14.8. The van der Waals surface area contributed by atoms with Gasteiger partial charge in [-0.25, -0.2) is 0 Å². The fourth-order valence-electron chi connectivity index (χ4n) is 2.35. The highest BCUT2D eigenvalue weighted by molar-refractivity contribution is 7.80. The van der Waals surface area contributed by atoms with E-state index in [0.29, 0.717) is 43.6 Å². The Morgan fingerprint density at radius 1 is 1.53 bits per heavy atom. The van der Waals surface area contributed by atoms with Crippen molar-refractivity contribution in [3.05, 3.63) is 0 Å². The first-order chi connectivity index (χ1) is 7.97. The standard InChI is InChI=1S/C12H24N2O2S/c1-3-10(8-11(13)17)14(2)9-12(15)4-6-16-7-5-12/h10,15H,3-9H2,1-2H3,(H2,13,17). The van der Waals surface area contributed by atoms with Gasteiger partial charge in [-0.05, 0) is 13.5 Å². The van der Waals surface area contributed by atoms with E-state index in [2.05, 4.69) is 11.8 Å². The van der Waals surface area contributed by atoms with Crippen molar-refractivity contribution in [3.63, 3.8) is 0 Å². The number of rotatable bonds is 6. The molecule has 1 saturated heterocycles. The zero-order chi connectivity index (χ0) is 12.9. The van der Waals surface area contributed by atoms with Crippen LogP contribution in [0.15, 0.2) is 0 Å². The Labute approximate surface area is 109 Å². The van der Waals surface area contributed by atoms with Crippen LogP contribution in [-0.4, -0.2) is 53.4 Å². The highest BCUT2D eigenvalue weighted by Gasteiger charge is 2.32. The summed E-state index contributed by atoms with van der Waals surface area (Å²) in [4.78, 5) is 2.72. The van der Waals surface area contributed by atoms with E-state index in [1.807, 2.05) is 7.05 Å². The molecule has 0 spiro atoms. The van der Waals surface area contributed by atoms with Gasteiger partial charge in [-0.3, -0.25) is 0 Å². The van der Waals surface area contributed by atoms with Gasteiger partial charge in [-0.15, -0.1) is 0 Å². The lowest BCUT2D eigenvalue weighted by molar-refractivity contribution is -0.0812. The molecule has 0 amide bonds. The largest absolute Gasteiger partial charge is 0.393 e. The van der Waals surface area contributed by atoms with Crippen molar-refractivity contribution < 1.29 is 9.84 Å². The fraction of sp³-hybridized carbons (Fsp3) is 0.917. The Bertz CT molecular complexity index is 255. The molecule has 1 unspecified atom stereocenters. The maximum atomic E-state index is 10.4. The number of nitrogens with zero attached hydrogens (tertiary/aromatic N) is 1. The lowest BCUT2D eigenvalue weighted by Crippen LogP contribution is -2.49. The molecule has 4 nitrogen and oxygen atoms in total. The van der Waals surface area contributed by atoms with E-state index in [4.69, 9.17) is 22.7 Å². The molecular formula is C12H24N2O2S. The fourth-order valence-corrected chi connectivity index (χ4v) is 2.54. The van der Waals surface area contributed by atoms with Gasteiger partial charge in [-0.1, -0.05) is 19.1 Å². The molecule has 1 fully saturated rings. The van der Waals surface area contributed by atoms with Gasteiger partial charge in [0.05, 0.1) is 10.6 Å². The van der Waals surface area contributed by atoms with Gasteiger partial charge in [-0.2, -0.15) is 0 Å². The molecule has 5 heteroatoms. The third kappa shape index (κ3) is 4.87. The second-order valence-electron chi connectivity index (χ2n) is 4.98. The Balaban J connectivity index is 2.50. The van der Waals surface area contributed by atoms with Crippen LogP contribution >= 0.6 is 12.2 Å². The maximum Gasteiger partial charge on any atom is 0.0817 e. The van der Waals surface area contributed by atoms with E-state index in [9.17, 15) is 5.11 Å². The number of nitrogens with two attached hydrogens (primary N) is 1. The van der Waals surface area contributed by atoms with Crippen LogP contribution in [0.5, 0.6) is 0 Å². The zero-order valence-electron chi connectivity index (χ0n) is 10.8. The third-order valence-electron chi connectivity index (χ3n) is 3.50. The Kier molecular flexibility index (Phi) is 5.79. The van der Waals surface area contributed by atoms with E-state index >= 15 is 0 Å². The highest BCUT2D eigenvalue weighted by atomic mass is 32.1. The second-order valence-corrected chi connectivity index (χ2v) is 5.51. The van der Waals surface area contributed by atoms with E-state index in [1.54, 1.807) is 0 Å². The number of thiocarbonyl (C=S) groups is 1. The van der Waals surface area contributed by atoms with Crippen LogP contribution in [0.25, 0.3) is 0 Å². The molecule has 0 aromatic rings. The summed E-state index contributed by atoms with van der Waals surface area (Å²) in [6.45, 7) is 4.08. The van der Waals surface area contributed by atoms with Crippen LogP contribution in [0.2, 0.25) is 0 Å². The average molecular weight is 260 g/mol. The number of hydrogen-bond acceptors (Lipinski definition) is 4. The highest BCUT2D eigenvalue weighted by Crippen LogP contribution is 2.23. The zero-order valence-corrected chi connectivity index (χ0v) is 11.6. The number of likely N-dealkylation sites (N-methyl/N-ethyl adjacent to an activating group) is 1. The van der Waals surface area contributed by atoms with E-state index < -0.39 is 5.60 Å². The van der Waals surface area contributed by atoms with Crippen molar-refractivity contribution in [1.29, 1.82) is 0 Å². The van der Waals surface area contributed by atoms with Crippen LogP contribution in [0.3, 0.4) is 0 Å². The molecular weight excluding hydrogens is 236 g/mol. The van der Waals surface area contributed by atoms with Gasteiger partial charge >= 0.3 is 0 Å². The van der Waals surface area contributed by atoms with Crippen molar-refractivity contribution in [2.75, 3.05) is 26.8 Å². The first-order valence-corrected chi connectivity index (χ1v) is 6.66. The van der Waals surface area contributed by atoms with Gasteiger partial charge in [0, 0.05) is 45.1 Å². The maximum absolute atomic E-state index is 10.4. The summed E-state index contributed by atoms with van der Waals surface area (Å²) in [5.74, 6) is 0. The summed E-state index contributed by atoms with van der Waals surface area (Å²) in [5, 5.41) is 10.4. The van der Waals surface area contributed by atoms with Crippen LogP contribution in [0.4, 0.5) is 0 Å². The minimum absolute atomic E-state index is 0.319. The molecule has 17 heavy (non-hydrogen) atoms. The van der Waals surface area contributed by atoms with Gasteiger partial charge in [0.1, 0.15) is 0 Å². The molecule has 0 saturated carbocycles. The SMILES string of the molecule is CCC(CC(N)=S)N(C)CC1(O)CCOCC1. The van der Waals surface area contributed by atoms with Crippen molar-refractivity contribution in [1.82, 2.24) is 4.90 Å². The van der Waals surface area contributed by atoms with Crippen LogP contribution in [-0.2, 0) is 4.74 Å². The third-order valence-corrected chi connectivity index (χ3v) is 3.67.